The van der Waals surface area contributed by atoms with E-state index in [1.165, 1.54) is 12.1 Å². The number of benzene rings is 1. The van der Waals surface area contributed by atoms with Crippen LogP contribution in [0.25, 0.3) is 5.69 Å². The Morgan fingerprint density at radius 3 is 2.52 bits per heavy atom. The highest BCUT2D eigenvalue weighted by molar-refractivity contribution is 5.96. The van der Waals surface area contributed by atoms with E-state index in [1.54, 1.807) is 23.7 Å². The molecule has 0 unspecified atom stereocenters. The van der Waals surface area contributed by atoms with Crippen LogP contribution in [0.2, 0.25) is 0 Å². The molecule has 0 bridgehead atoms. The van der Waals surface area contributed by atoms with E-state index in [1.807, 2.05) is 6.92 Å². The Morgan fingerprint density at radius 1 is 1.26 bits per heavy atom. The molecule has 0 radical (unpaired) electrons. The monoisotopic (exact) mass is 340 g/mol. The minimum atomic E-state index is -0.303. The highest BCUT2D eigenvalue weighted by Gasteiger charge is 2.18. The van der Waals surface area contributed by atoms with E-state index in [9.17, 15) is 9.18 Å². The lowest BCUT2D eigenvalue weighted by molar-refractivity contribution is 0.0952. The average molecular weight is 341 g/mol. The molecule has 0 spiro atoms. The van der Waals surface area contributed by atoms with Crippen LogP contribution >= 0.6 is 12.4 Å². The van der Waals surface area contributed by atoms with Crippen LogP contribution in [0, 0.1) is 19.7 Å². The number of rotatable bonds is 6. The van der Waals surface area contributed by atoms with Crippen molar-refractivity contribution >= 4 is 18.3 Å². The first kappa shape index (κ1) is 19.1. The fraction of sp³-hybridized carbons (Fsp3) is 0.375. The number of aryl methyl sites for hydroxylation is 1. The number of amides is 1. The molecule has 3 N–H and O–H groups in total. The molecule has 2 aromatic rings. The number of hydrogen-bond acceptors (Lipinski definition) is 3. The van der Waals surface area contributed by atoms with Gasteiger partial charge in [-0.15, -0.1) is 12.4 Å². The maximum absolute atomic E-state index is 13.0. The van der Waals surface area contributed by atoms with E-state index < -0.39 is 0 Å². The first-order chi connectivity index (χ1) is 10.5. The fourth-order valence-electron chi connectivity index (χ4n) is 2.36. The van der Waals surface area contributed by atoms with E-state index in [4.69, 9.17) is 5.73 Å². The zero-order valence-electron chi connectivity index (χ0n) is 13.3. The smallest absolute Gasteiger partial charge is 0.255 e. The second-order valence-electron chi connectivity index (χ2n) is 5.19. The summed E-state index contributed by atoms with van der Waals surface area (Å²) in [5, 5.41) is 7.27. The van der Waals surface area contributed by atoms with Gasteiger partial charge in [0.1, 0.15) is 5.82 Å². The first-order valence-electron chi connectivity index (χ1n) is 7.35. The normalized spacial score (nSPS) is 10.3. The zero-order valence-corrected chi connectivity index (χ0v) is 14.1. The van der Waals surface area contributed by atoms with Crippen LogP contribution in [0.15, 0.2) is 24.3 Å². The largest absolute Gasteiger partial charge is 0.352 e. The topological polar surface area (TPSA) is 72.9 Å². The molecule has 0 saturated heterocycles. The number of carbonyl (C=O) groups is 1. The lowest BCUT2D eigenvalue weighted by Gasteiger charge is -2.06. The molecule has 23 heavy (non-hydrogen) atoms. The van der Waals surface area contributed by atoms with Crippen molar-refractivity contribution in [1.29, 1.82) is 0 Å². The number of hydrogen-bond donors (Lipinski definition) is 2. The molecule has 0 atom stereocenters. The van der Waals surface area contributed by atoms with Gasteiger partial charge in [0, 0.05) is 6.54 Å². The third-order valence-electron chi connectivity index (χ3n) is 3.51. The van der Waals surface area contributed by atoms with Gasteiger partial charge in [0.05, 0.1) is 22.6 Å². The van der Waals surface area contributed by atoms with Gasteiger partial charge in [-0.2, -0.15) is 5.10 Å². The van der Waals surface area contributed by atoms with Crippen LogP contribution in [0.3, 0.4) is 0 Å². The molecule has 1 aromatic carbocycles. The molecule has 1 amide bonds. The lowest BCUT2D eigenvalue weighted by atomic mass is 10.1. The van der Waals surface area contributed by atoms with E-state index in [-0.39, 0.29) is 24.1 Å². The molecule has 2 rings (SSSR count). The van der Waals surface area contributed by atoms with Gasteiger partial charge in [0.25, 0.3) is 5.91 Å². The maximum Gasteiger partial charge on any atom is 0.255 e. The van der Waals surface area contributed by atoms with Crippen molar-refractivity contribution in [3.63, 3.8) is 0 Å². The van der Waals surface area contributed by atoms with Crippen LogP contribution < -0.4 is 11.1 Å². The molecule has 0 saturated carbocycles. The molecule has 1 heterocycles. The number of unbranched alkanes of at least 4 members (excludes halogenated alkanes) is 1. The molecule has 0 fully saturated rings. The summed E-state index contributed by atoms with van der Waals surface area (Å²) in [5.74, 6) is -0.441. The number of nitrogens with zero attached hydrogens (tertiary/aromatic N) is 2. The minimum Gasteiger partial charge on any atom is -0.352 e. The van der Waals surface area contributed by atoms with E-state index in [0.717, 1.165) is 24.2 Å². The summed E-state index contributed by atoms with van der Waals surface area (Å²) in [5.41, 5.74) is 8.11. The van der Waals surface area contributed by atoms with Gasteiger partial charge in [-0.05, 0) is 57.5 Å². The van der Waals surface area contributed by atoms with Crippen LogP contribution in [0.4, 0.5) is 4.39 Å². The quantitative estimate of drug-likeness (QED) is 0.794. The summed E-state index contributed by atoms with van der Waals surface area (Å²) >= 11 is 0. The molecule has 126 valence electrons. The molecule has 0 aliphatic heterocycles. The van der Waals surface area contributed by atoms with Crippen molar-refractivity contribution < 1.29 is 9.18 Å². The highest BCUT2D eigenvalue weighted by atomic mass is 35.5. The van der Waals surface area contributed by atoms with E-state index in [0.29, 0.717) is 24.3 Å². The van der Waals surface area contributed by atoms with E-state index in [2.05, 4.69) is 10.4 Å². The van der Waals surface area contributed by atoms with Crippen molar-refractivity contribution in [3.05, 3.63) is 47.0 Å². The Balaban J connectivity index is 0.00000264. The number of halogens is 2. The van der Waals surface area contributed by atoms with Crippen molar-refractivity contribution in [2.24, 2.45) is 5.73 Å². The van der Waals surface area contributed by atoms with Gasteiger partial charge in [-0.25, -0.2) is 9.07 Å². The van der Waals surface area contributed by atoms with Crippen molar-refractivity contribution in [3.8, 4) is 5.69 Å². The third-order valence-corrected chi connectivity index (χ3v) is 3.51. The van der Waals surface area contributed by atoms with Crippen LogP contribution in [-0.2, 0) is 0 Å². The Morgan fingerprint density at radius 2 is 1.91 bits per heavy atom. The van der Waals surface area contributed by atoms with Crippen molar-refractivity contribution in [2.75, 3.05) is 13.1 Å². The predicted molar refractivity (Wildman–Crippen MR) is 90.9 cm³/mol. The van der Waals surface area contributed by atoms with Gasteiger partial charge >= 0.3 is 0 Å². The zero-order chi connectivity index (χ0) is 16.1. The Hall–Kier alpha value is -1.92. The summed E-state index contributed by atoms with van der Waals surface area (Å²) in [4.78, 5) is 12.3. The van der Waals surface area contributed by atoms with Crippen molar-refractivity contribution in [1.82, 2.24) is 15.1 Å². The summed E-state index contributed by atoms with van der Waals surface area (Å²) in [6, 6.07) is 6.02. The molecular weight excluding hydrogens is 319 g/mol. The Kier molecular flexibility index (Phi) is 7.19. The summed E-state index contributed by atoms with van der Waals surface area (Å²) in [6.45, 7) is 4.84. The second kappa shape index (κ2) is 8.64. The minimum absolute atomic E-state index is 0. The third kappa shape index (κ3) is 4.53. The van der Waals surface area contributed by atoms with Crippen LogP contribution in [0.1, 0.15) is 34.6 Å². The second-order valence-corrected chi connectivity index (χ2v) is 5.19. The summed E-state index contributed by atoms with van der Waals surface area (Å²) in [7, 11) is 0. The molecule has 5 nitrogen and oxygen atoms in total. The molecule has 7 heteroatoms. The maximum atomic E-state index is 13.0. The van der Waals surface area contributed by atoms with E-state index >= 15 is 0 Å². The Labute approximate surface area is 141 Å². The first-order valence-corrected chi connectivity index (χ1v) is 7.35. The van der Waals surface area contributed by atoms with Gasteiger partial charge in [0.2, 0.25) is 0 Å². The molecule has 0 aliphatic rings. The highest BCUT2D eigenvalue weighted by Crippen LogP contribution is 2.18. The van der Waals surface area contributed by atoms with Gasteiger partial charge in [0.15, 0.2) is 0 Å². The number of aromatic nitrogens is 2. The van der Waals surface area contributed by atoms with Crippen LogP contribution in [-0.4, -0.2) is 28.8 Å². The standard InChI is InChI=1S/C16H21FN4O.ClH/c1-11-15(16(22)19-10-4-3-9-18)12(2)21(20-11)14-7-5-13(17)6-8-14;/h5-8H,3-4,9-10,18H2,1-2H3,(H,19,22);1H. The molecule has 1 aromatic heterocycles. The average Bonchev–Trinajstić information content (AvgIpc) is 2.79. The number of nitrogens with one attached hydrogen (secondary N) is 1. The lowest BCUT2D eigenvalue weighted by Crippen LogP contribution is -2.26. The predicted octanol–water partition coefficient (Wildman–Crippen LogP) is 2.52. The SMILES string of the molecule is Cc1nn(-c2ccc(F)cc2)c(C)c1C(=O)NCCCCN.Cl. The number of carbonyl (C=O) groups excluding carboxylic acids is 1. The molecular formula is C16H22ClFN4O. The number of nitrogens with two attached hydrogens (primary N) is 1. The molecule has 0 aliphatic carbocycles. The Bertz CT molecular complexity index is 655. The van der Waals surface area contributed by atoms with Crippen LogP contribution in [0.5, 0.6) is 0 Å². The fourth-order valence-corrected chi connectivity index (χ4v) is 2.36. The van der Waals surface area contributed by atoms with Gasteiger partial charge in [-0.1, -0.05) is 0 Å². The summed E-state index contributed by atoms with van der Waals surface area (Å²) < 4.78 is 14.7. The van der Waals surface area contributed by atoms with Gasteiger partial charge in [-0.3, -0.25) is 4.79 Å². The van der Waals surface area contributed by atoms with Gasteiger partial charge < -0.3 is 11.1 Å². The summed E-state index contributed by atoms with van der Waals surface area (Å²) in [6.07, 6.45) is 1.74. The van der Waals surface area contributed by atoms with Crippen molar-refractivity contribution in [2.45, 2.75) is 26.7 Å².